The van der Waals surface area contributed by atoms with Crippen LogP contribution in [0.4, 0.5) is 9.18 Å². The SMILES string of the molecule is O=C(CCCNC(=O)c1ccc(F)cc1)NC[C@H]1CCC[C@]12NC(=O)NC2=O. The van der Waals surface area contributed by atoms with Crippen LogP contribution < -0.4 is 21.3 Å². The second-order valence-corrected chi connectivity index (χ2v) is 7.14. The Labute approximate surface area is 161 Å². The molecule has 9 heteroatoms. The Morgan fingerprint density at radius 1 is 1.18 bits per heavy atom. The molecule has 150 valence electrons. The summed E-state index contributed by atoms with van der Waals surface area (Å²) in [5.41, 5.74) is -0.553. The Balaban J connectivity index is 1.37. The quantitative estimate of drug-likeness (QED) is 0.408. The topological polar surface area (TPSA) is 116 Å². The van der Waals surface area contributed by atoms with Gasteiger partial charge < -0.3 is 16.0 Å². The van der Waals surface area contributed by atoms with Gasteiger partial charge in [-0.3, -0.25) is 19.7 Å². The highest BCUT2D eigenvalue weighted by molar-refractivity contribution is 6.07. The molecule has 2 atom stereocenters. The normalized spacial score (nSPS) is 23.4. The molecule has 0 unspecified atom stereocenters. The van der Waals surface area contributed by atoms with Crippen LogP contribution in [-0.4, -0.2) is 42.4 Å². The molecule has 0 aromatic heterocycles. The number of amides is 5. The third-order valence-corrected chi connectivity index (χ3v) is 5.31. The summed E-state index contributed by atoms with van der Waals surface area (Å²) in [7, 11) is 0. The minimum atomic E-state index is -0.909. The van der Waals surface area contributed by atoms with Gasteiger partial charge in [0, 0.05) is 31.0 Å². The van der Waals surface area contributed by atoms with Gasteiger partial charge in [-0.05, 0) is 43.5 Å². The predicted molar refractivity (Wildman–Crippen MR) is 97.7 cm³/mol. The van der Waals surface area contributed by atoms with E-state index in [1.807, 2.05) is 0 Å². The van der Waals surface area contributed by atoms with E-state index in [1.165, 1.54) is 24.3 Å². The molecule has 5 amide bonds. The molecule has 1 aromatic carbocycles. The van der Waals surface area contributed by atoms with E-state index in [4.69, 9.17) is 0 Å². The first-order valence-corrected chi connectivity index (χ1v) is 9.35. The Bertz CT molecular complexity index is 783. The summed E-state index contributed by atoms with van der Waals surface area (Å²) in [5, 5.41) is 10.5. The first-order valence-electron chi connectivity index (χ1n) is 9.35. The van der Waals surface area contributed by atoms with Crippen molar-refractivity contribution in [1.82, 2.24) is 21.3 Å². The summed E-state index contributed by atoms with van der Waals surface area (Å²) in [6.07, 6.45) is 2.81. The zero-order valence-corrected chi connectivity index (χ0v) is 15.3. The highest BCUT2D eigenvalue weighted by Crippen LogP contribution is 2.37. The van der Waals surface area contributed by atoms with Crippen molar-refractivity contribution in [3.63, 3.8) is 0 Å². The van der Waals surface area contributed by atoms with E-state index in [-0.39, 0.29) is 30.1 Å². The molecule has 8 nitrogen and oxygen atoms in total. The van der Waals surface area contributed by atoms with Gasteiger partial charge in [-0.15, -0.1) is 0 Å². The van der Waals surface area contributed by atoms with Gasteiger partial charge in [0.25, 0.3) is 11.8 Å². The largest absolute Gasteiger partial charge is 0.356 e. The first-order chi connectivity index (χ1) is 13.4. The van der Waals surface area contributed by atoms with Crippen LogP contribution in [0.3, 0.4) is 0 Å². The average Bonchev–Trinajstić information content (AvgIpc) is 3.20. The average molecular weight is 390 g/mol. The molecule has 1 aliphatic carbocycles. The van der Waals surface area contributed by atoms with E-state index in [9.17, 15) is 23.6 Å². The van der Waals surface area contributed by atoms with Crippen LogP contribution in [0.5, 0.6) is 0 Å². The van der Waals surface area contributed by atoms with E-state index in [1.54, 1.807) is 0 Å². The third kappa shape index (κ3) is 4.29. The molecule has 1 aliphatic heterocycles. The molecule has 1 saturated carbocycles. The van der Waals surface area contributed by atoms with Gasteiger partial charge in [-0.2, -0.15) is 0 Å². The molecule has 0 bridgehead atoms. The standard InChI is InChI=1S/C19H23FN4O4/c20-14-7-5-12(6-8-14)16(26)21-10-2-4-15(25)22-11-13-3-1-9-19(13)17(27)23-18(28)24-19/h5-8,13H,1-4,9-11H2,(H,21,26)(H,22,25)(H2,23,24,27,28)/t13-,19+/m1/s1. The van der Waals surface area contributed by atoms with Crippen molar-refractivity contribution in [2.24, 2.45) is 5.92 Å². The second kappa shape index (κ2) is 8.37. The monoisotopic (exact) mass is 390 g/mol. The van der Waals surface area contributed by atoms with Crippen LogP contribution in [0.15, 0.2) is 24.3 Å². The van der Waals surface area contributed by atoms with Crippen LogP contribution in [0.1, 0.15) is 42.5 Å². The summed E-state index contributed by atoms with van der Waals surface area (Å²) in [4.78, 5) is 47.5. The first kappa shape index (κ1) is 19.8. The zero-order chi connectivity index (χ0) is 20.1. The van der Waals surface area contributed by atoms with E-state index < -0.39 is 17.4 Å². The summed E-state index contributed by atoms with van der Waals surface area (Å²) in [5.74, 6) is -1.37. The number of urea groups is 1. The third-order valence-electron chi connectivity index (χ3n) is 5.31. The van der Waals surface area contributed by atoms with Gasteiger partial charge in [-0.1, -0.05) is 6.42 Å². The second-order valence-electron chi connectivity index (χ2n) is 7.14. The maximum absolute atomic E-state index is 12.8. The minimum absolute atomic E-state index is 0.138. The lowest BCUT2D eigenvalue weighted by Crippen LogP contribution is -2.53. The smallest absolute Gasteiger partial charge is 0.322 e. The maximum atomic E-state index is 12.8. The fourth-order valence-corrected chi connectivity index (χ4v) is 3.80. The molecule has 1 spiro atoms. The van der Waals surface area contributed by atoms with Crippen LogP contribution in [0.25, 0.3) is 0 Å². The van der Waals surface area contributed by atoms with Crippen molar-refractivity contribution in [3.05, 3.63) is 35.6 Å². The van der Waals surface area contributed by atoms with Crippen molar-refractivity contribution in [1.29, 1.82) is 0 Å². The van der Waals surface area contributed by atoms with Crippen molar-refractivity contribution < 1.29 is 23.6 Å². The van der Waals surface area contributed by atoms with E-state index in [0.29, 0.717) is 31.5 Å². The number of carbonyl (C=O) groups is 4. The van der Waals surface area contributed by atoms with Crippen molar-refractivity contribution in [3.8, 4) is 0 Å². The number of halogens is 1. The molecule has 2 fully saturated rings. The highest BCUT2D eigenvalue weighted by Gasteiger charge is 2.54. The van der Waals surface area contributed by atoms with E-state index in [2.05, 4.69) is 21.3 Å². The van der Waals surface area contributed by atoms with Crippen molar-refractivity contribution in [2.75, 3.05) is 13.1 Å². The summed E-state index contributed by atoms with van der Waals surface area (Å²) in [6, 6.07) is 4.73. The number of benzene rings is 1. The molecule has 1 saturated heterocycles. The number of nitrogens with one attached hydrogen (secondary N) is 4. The summed E-state index contributed by atoms with van der Waals surface area (Å²) in [6.45, 7) is 0.629. The van der Waals surface area contributed by atoms with E-state index in [0.717, 1.165) is 12.8 Å². The lowest BCUT2D eigenvalue weighted by atomic mass is 9.87. The molecule has 3 rings (SSSR count). The molecule has 0 radical (unpaired) electrons. The fraction of sp³-hybridized carbons (Fsp3) is 0.474. The summed E-state index contributed by atoms with van der Waals surface area (Å²) >= 11 is 0. The lowest BCUT2D eigenvalue weighted by Gasteiger charge is -2.28. The Morgan fingerprint density at radius 2 is 1.93 bits per heavy atom. The van der Waals surface area contributed by atoms with Gasteiger partial charge in [0.05, 0.1) is 0 Å². The van der Waals surface area contributed by atoms with Crippen LogP contribution in [-0.2, 0) is 9.59 Å². The van der Waals surface area contributed by atoms with E-state index >= 15 is 0 Å². The molecular formula is C19H23FN4O4. The Morgan fingerprint density at radius 3 is 2.61 bits per heavy atom. The molecule has 28 heavy (non-hydrogen) atoms. The van der Waals surface area contributed by atoms with Gasteiger partial charge in [0.15, 0.2) is 0 Å². The molecule has 1 aromatic rings. The molecule has 1 heterocycles. The molecule has 2 aliphatic rings. The Hall–Kier alpha value is -2.97. The van der Waals surface area contributed by atoms with Gasteiger partial charge in [0.1, 0.15) is 11.4 Å². The maximum Gasteiger partial charge on any atom is 0.322 e. The number of rotatable bonds is 7. The fourth-order valence-electron chi connectivity index (χ4n) is 3.80. The van der Waals surface area contributed by atoms with Gasteiger partial charge in [-0.25, -0.2) is 9.18 Å². The lowest BCUT2D eigenvalue weighted by molar-refractivity contribution is -0.126. The zero-order valence-electron chi connectivity index (χ0n) is 15.3. The highest BCUT2D eigenvalue weighted by atomic mass is 19.1. The minimum Gasteiger partial charge on any atom is -0.356 e. The number of hydrogen-bond acceptors (Lipinski definition) is 4. The molecule has 4 N–H and O–H groups in total. The number of hydrogen-bond donors (Lipinski definition) is 4. The van der Waals surface area contributed by atoms with Gasteiger partial charge >= 0.3 is 6.03 Å². The summed E-state index contributed by atoms with van der Waals surface area (Å²) < 4.78 is 12.8. The Kier molecular flexibility index (Phi) is 5.91. The van der Waals surface area contributed by atoms with Crippen LogP contribution >= 0.6 is 0 Å². The van der Waals surface area contributed by atoms with Gasteiger partial charge in [0.2, 0.25) is 5.91 Å². The number of carbonyl (C=O) groups excluding carboxylic acids is 4. The number of imide groups is 1. The van der Waals surface area contributed by atoms with Crippen LogP contribution in [0, 0.1) is 11.7 Å². The van der Waals surface area contributed by atoms with Crippen LogP contribution in [0.2, 0.25) is 0 Å². The van der Waals surface area contributed by atoms with Crippen molar-refractivity contribution in [2.45, 2.75) is 37.6 Å². The predicted octanol–water partition coefficient (Wildman–Crippen LogP) is 0.830. The molecular weight excluding hydrogens is 367 g/mol. The van der Waals surface area contributed by atoms with Crippen molar-refractivity contribution >= 4 is 23.8 Å².